The monoisotopic (exact) mass is 351 g/mol. The van der Waals surface area contributed by atoms with E-state index in [4.69, 9.17) is 0 Å². The number of halogens is 1. The van der Waals surface area contributed by atoms with E-state index in [1.54, 1.807) is 6.07 Å². The summed E-state index contributed by atoms with van der Waals surface area (Å²) in [7, 11) is 0. The van der Waals surface area contributed by atoms with Crippen molar-refractivity contribution in [2.24, 2.45) is 5.41 Å². The van der Waals surface area contributed by atoms with Gasteiger partial charge >= 0.3 is 5.97 Å². The maximum Gasteiger partial charge on any atom is 0.337 e. The highest BCUT2D eigenvalue weighted by Gasteiger charge is 2.36. The summed E-state index contributed by atoms with van der Waals surface area (Å²) in [5, 5.41) is 9.42. The summed E-state index contributed by atoms with van der Waals surface area (Å²) in [5.74, 6) is -0.843. The Morgan fingerprint density at radius 2 is 1.76 bits per heavy atom. The lowest BCUT2D eigenvalue weighted by atomic mass is 9.68. The normalized spacial score (nSPS) is 21.5. The highest BCUT2D eigenvalue weighted by atomic mass is 79.9. The molecule has 1 aromatic carbocycles. The predicted molar refractivity (Wildman–Crippen MR) is 88.1 cm³/mol. The Kier molecular flexibility index (Phi) is 4.25. The fourth-order valence-electron chi connectivity index (χ4n) is 3.98. The second-order valence-electron chi connectivity index (χ2n) is 6.51. The summed E-state index contributed by atoms with van der Waals surface area (Å²) >= 11 is 3.36. The van der Waals surface area contributed by atoms with E-state index in [-0.39, 0.29) is 0 Å². The van der Waals surface area contributed by atoms with Crippen LogP contribution < -0.4 is 4.90 Å². The Morgan fingerprint density at radius 3 is 2.38 bits per heavy atom. The first-order chi connectivity index (χ1) is 10.1. The SMILES string of the molecule is O=C(O)c1cc(Br)ccc1N1CCC2(CCCCC2)CC1. The van der Waals surface area contributed by atoms with Gasteiger partial charge in [0.05, 0.1) is 11.3 Å². The number of aromatic carboxylic acids is 1. The van der Waals surface area contributed by atoms with Gasteiger partial charge in [-0.25, -0.2) is 4.79 Å². The molecule has 0 radical (unpaired) electrons. The molecule has 0 aromatic heterocycles. The van der Waals surface area contributed by atoms with Crippen LogP contribution in [0, 0.1) is 5.41 Å². The molecule has 1 saturated carbocycles. The summed E-state index contributed by atoms with van der Waals surface area (Å²) in [5.41, 5.74) is 1.83. The second kappa shape index (κ2) is 5.99. The van der Waals surface area contributed by atoms with Crippen molar-refractivity contribution in [2.75, 3.05) is 18.0 Å². The molecule has 1 spiro atoms. The molecule has 2 fully saturated rings. The molecule has 1 aliphatic carbocycles. The van der Waals surface area contributed by atoms with Crippen molar-refractivity contribution in [2.45, 2.75) is 44.9 Å². The van der Waals surface area contributed by atoms with Gasteiger partial charge in [0.2, 0.25) is 0 Å². The molecule has 1 aromatic rings. The zero-order valence-electron chi connectivity index (χ0n) is 12.3. The number of rotatable bonds is 2. The van der Waals surface area contributed by atoms with Gasteiger partial charge in [0.25, 0.3) is 0 Å². The van der Waals surface area contributed by atoms with Crippen LogP contribution in [0.25, 0.3) is 0 Å². The average molecular weight is 352 g/mol. The first kappa shape index (κ1) is 14.9. The summed E-state index contributed by atoms with van der Waals surface area (Å²) in [6, 6.07) is 5.59. The first-order valence-electron chi connectivity index (χ1n) is 7.88. The van der Waals surface area contributed by atoms with Crippen molar-refractivity contribution in [3.8, 4) is 0 Å². The summed E-state index contributed by atoms with van der Waals surface area (Å²) in [6.07, 6.45) is 9.29. The molecule has 21 heavy (non-hydrogen) atoms. The van der Waals surface area contributed by atoms with E-state index < -0.39 is 5.97 Å². The van der Waals surface area contributed by atoms with Gasteiger partial charge in [-0.1, -0.05) is 35.2 Å². The number of carboxylic acids is 1. The van der Waals surface area contributed by atoms with Crippen molar-refractivity contribution in [1.29, 1.82) is 0 Å². The minimum absolute atomic E-state index is 0.406. The average Bonchev–Trinajstić information content (AvgIpc) is 2.49. The summed E-state index contributed by atoms with van der Waals surface area (Å²) < 4.78 is 0.824. The van der Waals surface area contributed by atoms with Crippen LogP contribution in [0.3, 0.4) is 0 Å². The molecule has 3 rings (SSSR count). The number of hydrogen-bond donors (Lipinski definition) is 1. The van der Waals surface area contributed by atoms with Crippen LogP contribution in [0.1, 0.15) is 55.3 Å². The first-order valence-corrected chi connectivity index (χ1v) is 8.67. The molecule has 2 aliphatic rings. The third-order valence-corrected chi connectivity index (χ3v) is 5.76. The highest BCUT2D eigenvalue weighted by molar-refractivity contribution is 9.10. The maximum absolute atomic E-state index is 11.5. The van der Waals surface area contributed by atoms with E-state index >= 15 is 0 Å². The van der Waals surface area contributed by atoms with Crippen LogP contribution in [-0.2, 0) is 0 Å². The van der Waals surface area contributed by atoms with Gasteiger partial charge in [-0.05, 0) is 49.3 Å². The van der Waals surface area contributed by atoms with Gasteiger partial charge in [-0.3, -0.25) is 0 Å². The molecule has 114 valence electrons. The van der Waals surface area contributed by atoms with Gasteiger partial charge in [0.1, 0.15) is 0 Å². The highest BCUT2D eigenvalue weighted by Crippen LogP contribution is 2.45. The fourth-order valence-corrected chi connectivity index (χ4v) is 4.34. The van der Waals surface area contributed by atoms with E-state index in [0.29, 0.717) is 11.0 Å². The lowest BCUT2D eigenvalue weighted by molar-refractivity contribution is 0.0697. The molecule has 0 bridgehead atoms. The fraction of sp³-hybridized carbons (Fsp3) is 0.588. The molecule has 4 heteroatoms. The van der Waals surface area contributed by atoms with Gasteiger partial charge in [0, 0.05) is 17.6 Å². The van der Waals surface area contributed by atoms with Crippen molar-refractivity contribution >= 4 is 27.6 Å². The minimum atomic E-state index is -0.843. The van der Waals surface area contributed by atoms with Crippen LogP contribution in [0.5, 0.6) is 0 Å². The predicted octanol–water partition coefficient (Wildman–Crippen LogP) is 4.70. The number of piperidine rings is 1. The Morgan fingerprint density at radius 1 is 1.10 bits per heavy atom. The van der Waals surface area contributed by atoms with E-state index in [9.17, 15) is 9.90 Å². The molecule has 0 atom stereocenters. The number of carbonyl (C=O) groups is 1. The molecule has 1 saturated heterocycles. The van der Waals surface area contributed by atoms with Gasteiger partial charge in [-0.2, -0.15) is 0 Å². The second-order valence-corrected chi connectivity index (χ2v) is 7.43. The van der Waals surface area contributed by atoms with Crippen LogP contribution in [0.2, 0.25) is 0 Å². The smallest absolute Gasteiger partial charge is 0.337 e. The molecule has 1 heterocycles. The lowest BCUT2D eigenvalue weighted by Gasteiger charge is -2.45. The molecule has 1 aliphatic heterocycles. The summed E-state index contributed by atoms with van der Waals surface area (Å²) in [4.78, 5) is 13.7. The number of anilines is 1. The number of hydrogen-bond acceptors (Lipinski definition) is 2. The van der Waals surface area contributed by atoms with Crippen molar-refractivity contribution in [3.63, 3.8) is 0 Å². The Labute approximate surface area is 134 Å². The van der Waals surface area contributed by atoms with E-state index in [0.717, 1.165) is 23.2 Å². The summed E-state index contributed by atoms with van der Waals surface area (Å²) in [6.45, 7) is 1.98. The number of benzene rings is 1. The Balaban J connectivity index is 1.76. The van der Waals surface area contributed by atoms with Gasteiger partial charge in [0.15, 0.2) is 0 Å². The maximum atomic E-state index is 11.5. The zero-order valence-corrected chi connectivity index (χ0v) is 13.9. The zero-order chi connectivity index (χ0) is 14.9. The van der Waals surface area contributed by atoms with E-state index in [1.807, 2.05) is 12.1 Å². The van der Waals surface area contributed by atoms with Crippen molar-refractivity contribution in [1.82, 2.24) is 0 Å². The van der Waals surface area contributed by atoms with Crippen LogP contribution >= 0.6 is 15.9 Å². The van der Waals surface area contributed by atoms with Crippen LogP contribution in [-0.4, -0.2) is 24.2 Å². The number of carboxylic acid groups (broad SMARTS) is 1. The molecular weight excluding hydrogens is 330 g/mol. The third kappa shape index (κ3) is 3.10. The minimum Gasteiger partial charge on any atom is -0.478 e. The van der Waals surface area contributed by atoms with E-state index in [1.165, 1.54) is 44.9 Å². The third-order valence-electron chi connectivity index (χ3n) is 5.27. The molecule has 1 N–H and O–H groups in total. The Hall–Kier alpha value is -1.03. The standard InChI is InChI=1S/C17H22BrNO2/c18-13-4-5-15(14(12-13)16(20)21)19-10-8-17(9-11-19)6-2-1-3-7-17/h4-5,12H,1-3,6-11H2,(H,20,21). The van der Waals surface area contributed by atoms with Crippen molar-refractivity contribution in [3.05, 3.63) is 28.2 Å². The topological polar surface area (TPSA) is 40.5 Å². The molecular formula is C17H22BrNO2. The van der Waals surface area contributed by atoms with Gasteiger partial charge < -0.3 is 10.0 Å². The molecule has 0 amide bonds. The van der Waals surface area contributed by atoms with Crippen molar-refractivity contribution < 1.29 is 9.90 Å². The quantitative estimate of drug-likeness (QED) is 0.839. The van der Waals surface area contributed by atoms with Crippen LogP contribution in [0.4, 0.5) is 5.69 Å². The largest absolute Gasteiger partial charge is 0.478 e. The van der Waals surface area contributed by atoms with Gasteiger partial charge in [-0.15, -0.1) is 0 Å². The molecule has 3 nitrogen and oxygen atoms in total. The molecule has 0 unspecified atom stereocenters. The van der Waals surface area contributed by atoms with Crippen LogP contribution in [0.15, 0.2) is 22.7 Å². The van der Waals surface area contributed by atoms with E-state index in [2.05, 4.69) is 20.8 Å². The lowest BCUT2D eigenvalue weighted by Crippen LogP contribution is -2.41. The number of nitrogens with zero attached hydrogens (tertiary/aromatic N) is 1. The Bertz CT molecular complexity index is 528.